The van der Waals surface area contributed by atoms with Crippen LogP contribution in [-0.4, -0.2) is 12.1 Å². The average Bonchev–Trinajstić information content (AvgIpc) is 3.18. The van der Waals surface area contributed by atoms with Gasteiger partial charge >= 0.3 is 0 Å². The SMILES string of the molecule is C=CC1C=Cc2ccccc2N(C(=C)CCC(=C)c2ccc(N(C3=CCCC=C3C)C3C=CC=CC3C)cc2)C1C=C. The van der Waals surface area contributed by atoms with Crippen LogP contribution in [0.3, 0.4) is 0 Å². The number of fused-ring (bicyclic) bond motifs is 1. The Kier molecular flexibility index (Phi) is 9.12. The van der Waals surface area contributed by atoms with E-state index < -0.39 is 0 Å². The Morgan fingerprint density at radius 2 is 1.64 bits per heavy atom. The van der Waals surface area contributed by atoms with Gasteiger partial charge in [0.2, 0.25) is 0 Å². The van der Waals surface area contributed by atoms with Crippen molar-refractivity contribution in [2.45, 2.75) is 51.6 Å². The van der Waals surface area contributed by atoms with Crippen LogP contribution >= 0.6 is 0 Å². The predicted molar refractivity (Wildman–Crippen MR) is 184 cm³/mol. The minimum Gasteiger partial charge on any atom is -0.337 e. The first-order chi connectivity index (χ1) is 20.4. The largest absolute Gasteiger partial charge is 0.337 e. The Balaban J connectivity index is 1.33. The third kappa shape index (κ3) is 5.99. The number of rotatable bonds is 10. The molecule has 0 saturated heterocycles. The number of benzene rings is 2. The Hall–Kier alpha value is -4.30. The van der Waals surface area contributed by atoms with Crippen LogP contribution in [-0.2, 0) is 0 Å². The fraction of sp³-hybridized carbons (Fsp3) is 0.250. The number of hydrogen-bond acceptors (Lipinski definition) is 2. The van der Waals surface area contributed by atoms with Crippen LogP contribution in [0.1, 0.15) is 50.7 Å². The van der Waals surface area contributed by atoms with Crippen LogP contribution in [0.15, 0.2) is 146 Å². The quantitative estimate of drug-likeness (QED) is 0.271. The first kappa shape index (κ1) is 29.2. The van der Waals surface area contributed by atoms with Gasteiger partial charge in [-0.15, -0.1) is 13.2 Å². The molecule has 4 atom stereocenters. The minimum atomic E-state index is 0.0612. The highest BCUT2D eigenvalue weighted by Crippen LogP contribution is 2.37. The van der Waals surface area contributed by atoms with Crippen LogP contribution < -0.4 is 9.80 Å². The van der Waals surface area contributed by atoms with Crippen molar-refractivity contribution in [1.82, 2.24) is 0 Å². The minimum absolute atomic E-state index is 0.0612. The number of anilines is 2. The van der Waals surface area contributed by atoms with E-state index in [0.717, 1.165) is 42.6 Å². The maximum atomic E-state index is 4.55. The molecule has 2 aromatic carbocycles. The van der Waals surface area contributed by atoms with Crippen molar-refractivity contribution in [3.63, 3.8) is 0 Å². The lowest BCUT2D eigenvalue weighted by molar-refractivity contribution is 0.594. The van der Waals surface area contributed by atoms with Crippen molar-refractivity contribution in [1.29, 1.82) is 0 Å². The second-order valence-electron chi connectivity index (χ2n) is 11.6. The van der Waals surface area contributed by atoms with Gasteiger partial charge in [0.1, 0.15) is 0 Å². The van der Waals surface area contributed by atoms with Gasteiger partial charge in [-0.2, -0.15) is 0 Å². The van der Waals surface area contributed by atoms with E-state index in [2.05, 4.69) is 147 Å². The molecular weight excluding hydrogens is 508 g/mol. The zero-order valence-corrected chi connectivity index (χ0v) is 25.3. The second kappa shape index (κ2) is 13.1. The highest BCUT2D eigenvalue weighted by atomic mass is 15.2. The van der Waals surface area contributed by atoms with E-state index in [4.69, 9.17) is 0 Å². The van der Waals surface area contributed by atoms with E-state index in [1.54, 1.807) is 0 Å². The van der Waals surface area contributed by atoms with E-state index in [1.807, 2.05) is 12.2 Å². The molecule has 4 unspecified atom stereocenters. The van der Waals surface area contributed by atoms with Crippen molar-refractivity contribution in [2.75, 3.05) is 9.80 Å². The van der Waals surface area contributed by atoms with Crippen LogP contribution in [0.5, 0.6) is 0 Å². The van der Waals surface area contributed by atoms with E-state index in [1.165, 1.54) is 28.1 Å². The highest BCUT2D eigenvalue weighted by molar-refractivity contribution is 5.73. The molecule has 2 nitrogen and oxygen atoms in total. The molecule has 0 amide bonds. The summed E-state index contributed by atoms with van der Waals surface area (Å²) in [6.45, 7) is 21.8. The average molecular weight is 553 g/mol. The predicted octanol–water partition coefficient (Wildman–Crippen LogP) is 10.4. The maximum Gasteiger partial charge on any atom is 0.0613 e. The smallest absolute Gasteiger partial charge is 0.0613 e. The van der Waals surface area contributed by atoms with Gasteiger partial charge in [0, 0.05) is 28.7 Å². The molecule has 214 valence electrons. The number of hydrogen-bond donors (Lipinski definition) is 0. The number of nitrogens with zero attached hydrogens (tertiary/aromatic N) is 2. The second-order valence-corrected chi connectivity index (χ2v) is 11.6. The summed E-state index contributed by atoms with van der Waals surface area (Å²) in [4.78, 5) is 4.85. The summed E-state index contributed by atoms with van der Waals surface area (Å²) in [6.07, 6.45) is 26.0. The Morgan fingerprint density at radius 3 is 2.36 bits per heavy atom. The van der Waals surface area contributed by atoms with Gasteiger partial charge in [0.05, 0.1) is 12.1 Å². The van der Waals surface area contributed by atoms with Crippen molar-refractivity contribution < 1.29 is 0 Å². The molecule has 0 radical (unpaired) electrons. The standard InChI is InChI=1S/C40H44N2/c1-7-33-23-24-35-17-11-14-20-40(35)41(37(33)8-2)32(6)22-21-29(3)34-25-27-36(28-26-34)42(38-18-12-9-15-30(38)4)39-19-13-10-16-31(39)5/h7-9,11-12,14-20,23-28,30,33,37-38H,1-3,6,10,13,21-22H2,4-5H3. The van der Waals surface area contributed by atoms with Crippen LogP contribution in [0.25, 0.3) is 11.6 Å². The van der Waals surface area contributed by atoms with E-state index in [0.29, 0.717) is 5.92 Å². The lowest BCUT2D eigenvalue weighted by atomic mass is 9.92. The zero-order valence-electron chi connectivity index (χ0n) is 25.3. The molecule has 2 aromatic rings. The van der Waals surface area contributed by atoms with Gasteiger partial charge in [-0.05, 0) is 79.0 Å². The topological polar surface area (TPSA) is 6.48 Å². The van der Waals surface area contributed by atoms with Crippen molar-refractivity contribution in [3.8, 4) is 0 Å². The van der Waals surface area contributed by atoms with E-state index in [-0.39, 0.29) is 18.0 Å². The third-order valence-corrected chi connectivity index (χ3v) is 8.80. The molecule has 0 fully saturated rings. The van der Waals surface area contributed by atoms with Gasteiger partial charge in [-0.25, -0.2) is 0 Å². The maximum absolute atomic E-state index is 4.55. The Bertz CT molecular complexity index is 1490. The lowest BCUT2D eigenvalue weighted by Crippen LogP contribution is -2.39. The molecule has 2 aliphatic carbocycles. The molecule has 0 N–H and O–H groups in total. The van der Waals surface area contributed by atoms with E-state index >= 15 is 0 Å². The first-order valence-corrected chi connectivity index (χ1v) is 15.2. The van der Waals surface area contributed by atoms with E-state index in [9.17, 15) is 0 Å². The monoisotopic (exact) mass is 552 g/mol. The molecular formula is C40H44N2. The van der Waals surface area contributed by atoms with Gasteiger partial charge < -0.3 is 9.80 Å². The fourth-order valence-corrected chi connectivity index (χ4v) is 6.36. The van der Waals surface area contributed by atoms with Gasteiger partial charge in [0.25, 0.3) is 0 Å². The van der Waals surface area contributed by atoms with Crippen molar-refractivity contribution >= 4 is 23.0 Å². The molecule has 3 aliphatic rings. The van der Waals surface area contributed by atoms with Crippen LogP contribution in [0.2, 0.25) is 0 Å². The zero-order chi connectivity index (χ0) is 29.6. The summed E-state index contributed by atoms with van der Waals surface area (Å²) in [5.41, 5.74) is 9.58. The van der Waals surface area contributed by atoms with Gasteiger partial charge in [-0.1, -0.05) is 111 Å². The lowest BCUT2D eigenvalue weighted by Gasteiger charge is -2.39. The molecule has 2 heteroatoms. The fourth-order valence-electron chi connectivity index (χ4n) is 6.36. The Labute approximate surface area is 253 Å². The van der Waals surface area contributed by atoms with Crippen molar-refractivity contribution in [2.24, 2.45) is 11.8 Å². The molecule has 5 rings (SSSR count). The highest BCUT2D eigenvalue weighted by Gasteiger charge is 2.28. The Morgan fingerprint density at radius 1 is 0.905 bits per heavy atom. The van der Waals surface area contributed by atoms with Crippen molar-refractivity contribution in [3.05, 3.63) is 158 Å². The summed E-state index contributed by atoms with van der Waals surface area (Å²) in [5, 5.41) is 0. The summed E-state index contributed by atoms with van der Waals surface area (Å²) >= 11 is 0. The summed E-state index contributed by atoms with van der Waals surface area (Å²) in [5.74, 6) is 0.575. The number of allylic oxidation sites excluding steroid dienone is 7. The molecule has 0 bridgehead atoms. The number of para-hydroxylation sites is 1. The first-order valence-electron chi connectivity index (χ1n) is 15.2. The summed E-state index contributed by atoms with van der Waals surface area (Å²) < 4.78 is 0. The van der Waals surface area contributed by atoms with Gasteiger partial charge in [-0.3, -0.25) is 0 Å². The van der Waals surface area contributed by atoms with Gasteiger partial charge in [0.15, 0.2) is 0 Å². The molecule has 42 heavy (non-hydrogen) atoms. The third-order valence-electron chi connectivity index (χ3n) is 8.80. The summed E-state index contributed by atoms with van der Waals surface area (Å²) in [6, 6.07) is 17.8. The normalized spacial score (nSPS) is 22.9. The van der Waals surface area contributed by atoms with Crippen LogP contribution in [0, 0.1) is 11.8 Å². The molecule has 1 aliphatic heterocycles. The van der Waals surface area contributed by atoms with Crippen LogP contribution in [0.4, 0.5) is 11.4 Å². The summed E-state index contributed by atoms with van der Waals surface area (Å²) in [7, 11) is 0. The molecule has 0 saturated carbocycles. The molecule has 0 spiro atoms. The molecule has 1 heterocycles. The molecule has 0 aromatic heterocycles.